The Balaban J connectivity index is 1.43. The van der Waals surface area contributed by atoms with Crippen molar-refractivity contribution >= 4 is 44.1 Å². The molecule has 2 amide bonds. The molecule has 10 heteroatoms. The third-order valence-electron chi connectivity index (χ3n) is 10.6. The molecule has 7 rings (SSSR count). The van der Waals surface area contributed by atoms with Gasteiger partial charge in [0.05, 0.1) is 5.69 Å². The number of carbonyl (C=O) groups is 2. The molecule has 0 saturated carbocycles. The Bertz CT molecular complexity index is 2470. The molecule has 0 saturated heterocycles. The van der Waals surface area contributed by atoms with E-state index in [0.29, 0.717) is 42.1 Å². The van der Waals surface area contributed by atoms with Crippen LogP contribution in [0.3, 0.4) is 0 Å². The number of H-pyrrole nitrogens is 1. The Morgan fingerprint density at radius 3 is 1.98 bits per heavy atom. The second-order valence-electron chi connectivity index (χ2n) is 18.8. The van der Waals surface area contributed by atoms with Gasteiger partial charge in [-0.05, 0) is 84.2 Å². The molecule has 0 atom stereocenters. The van der Waals surface area contributed by atoms with Crippen molar-refractivity contribution in [3.05, 3.63) is 155 Å². The molecule has 3 heterocycles. The van der Waals surface area contributed by atoms with Gasteiger partial charge in [0, 0.05) is 46.5 Å². The van der Waals surface area contributed by atoms with Crippen LogP contribution in [-0.4, -0.2) is 60.3 Å². The molecule has 4 aromatic carbocycles. The summed E-state index contributed by atoms with van der Waals surface area (Å²) in [5, 5.41) is 4.11. The number of carbonyl (C=O) groups excluding carboxylic acids is 2. The molecule has 0 fully saturated rings. The summed E-state index contributed by atoms with van der Waals surface area (Å²) in [7, 11) is -1.26. The predicted molar refractivity (Wildman–Crippen MR) is 245 cm³/mol. The first-order chi connectivity index (χ1) is 28.4. The van der Waals surface area contributed by atoms with Gasteiger partial charge in [0.2, 0.25) is 0 Å². The fraction of sp³-hybridized carbons (Fsp3) is 0.320. The fourth-order valence-corrected chi connectivity index (χ4v) is 8.77. The van der Waals surface area contributed by atoms with Gasteiger partial charge in [-0.25, -0.2) is 14.8 Å². The zero-order chi connectivity index (χ0) is 42.9. The fourth-order valence-electron chi connectivity index (χ4n) is 7.65. The molecule has 0 unspecified atom stereocenters. The van der Waals surface area contributed by atoms with Gasteiger partial charge >= 0.3 is 6.09 Å². The summed E-state index contributed by atoms with van der Waals surface area (Å²) >= 11 is 0. The largest absolute Gasteiger partial charge is 0.444 e. The van der Waals surface area contributed by atoms with Crippen LogP contribution >= 0.6 is 0 Å². The lowest BCUT2D eigenvalue weighted by atomic mass is 9.76. The van der Waals surface area contributed by atoms with Crippen molar-refractivity contribution < 1.29 is 18.8 Å². The van der Waals surface area contributed by atoms with Crippen LogP contribution in [0.1, 0.15) is 107 Å². The lowest BCUT2D eigenvalue weighted by Gasteiger charge is -2.40. The predicted octanol–water partition coefficient (Wildman–Crippen LogP) is 10.8. The summed E-state index contributed by atoms with van der Waals surface area (Å²) in [5.74, 6) is -0.224. The Morgan fingerprint density at radius 2 is 1.42 bits per heavy atom. The van der Waals surface area contributed by atoms with Crippen LogP contribution in [0, 0.1) is 0 Å². The van der Waals surface area contributed by atoms with Crippen molar-refractivity contribution in [3.63, 3.8) is 0 Å². The van der Waals surface area contributed by atoms with Crippen LogP contribution in [-0.2, 0) is 20.2 Å². The van der Waals surface area contributed by atoms with Gasteiger partial charge in [-0.2, -0.15) is 0 Å². The SMILES string of the molecule is CC(C)(C)OC(=O)N1CC=C(c2cc3c(-c4cccc(NC(=O)c5ccc(C(C)(C)C)cc5)c4C(O[SiH2]C(C)(C)C)(c4ccccc4)c4ccccc4)ncnc3[nH]2)CC1. The summed E-state index contributed by atoms with van der Waals surface area (Å²) in [6.07, 6.45) is 3.98. The lowest BCUT2D eigenvalue weighted by Crippen LogP contribution is -2.39. The van der Waals surface area contributed by atoms with Crippen LogP contribution in [0.2, 0.25) is 5.04 Å². The zero-order valence-electron chi connectivity index (χ0n) is 36.4. The van der Waals surface area contributed by atoms with Crippen molar-refractivity contribution in [2.45, 2.75) is 90.4 Å². The van der Waals surface area contributed by atoms with E-state index in [0.717, 1.165) is 44.5 Å². The first kappa shape index (κ1) is 42.3. The summed E-state index contributed by atoms with van der Waals surface area (Å²) in [5.41, 5.74) is 7.40. The normalized spacial score (nSPS) is 14.1. The molecule has 1 aliphatic rings. The van der Waals surface area contributed by atoms with Crippen molar-refractivity contribution in [1.29, 1.82) is 0 Å². The topological polar surface area (TPSA) is 109 Å². The smallest absolute Gasteiger partial charge is 0.410 e. The van der Waals surface area contributed by atoms with E-state index in [2.05, 4.69) is 94.3 Å². The lowest BCUT2D eigenvalue weighted by molar-refractivity contribution is 0.0270. The highest BCUT2D eigenvalue weighted by molar-refractivity contribution is 6.32. The number of ether oxygens (including phenoxy) is 1. The monoisotopic (exact) mass is 819 g/mol. The molecule has 2 N–H and O–H groups in total. The first-order valence-electron chi connectivity index (χ1n) is 20.7. The number of hydrogen-bond acceptors (Lipinski definition) is 6. The van der Waals surface area contributed by atoms with Crippen LogP contribution in [0.4, 0.5) is 10.5 Å². The molecule has 310 valence electrons. The molecule has 0 bridgehead atoms. The minimum absolute atomic E-state index is 0.0509. The van der Waals surface area contributed by atoms with Crippen LogP contribution in [0.25, 0.3) is 27.9 Å². The number of nitrogens with zero attached hydrogens (tertiary/aromatic N) is 3. The van der Waals surface area contributed by atoms with Gasteiger partial charge in [0.1, 0.15) is 23.2 Å². The number of benzene rings is 4. The van der Waals surface area contributed by atoms with Gasteiger partial charge in [0.15, 0.2) is 9.76 Å². The van der Waals surface area contributed by atoms with Crippen molar-refractivity contribution in [2.75, 3.05) is 18.4 Å². The molecule has 9 nitrogen and oxygen atoms in total. The van der Waals surface area contributed by atoms with E-state index in [9.17, 15) is 9.59 Å². The number of aromatic nitrogens is 3. The number of fused-ring (bicyclic) bond motifs is 1. The van der Waals surface area contributed by atoms with E-state index >= 15 is 0 Å². The summed E-state index contributed by atoms with van der Waals surface area (Å²) in [6.45, 7) is 19.8. The highest BCUT2D eigenvalue weighted by Crippen LogP contribution is 2.49. The highest BCUT2D eigenvalue weighted by Gasteiger charge is 2.43. The maximum atomic E-state index is 14.4. The molecule has 0 spiro atoms. The minimum atomic E-state index is -1.26. The highest BCUT2D eigenvalue weighted by atomic mass is 28.2. The molecule has 60 heavy (non-hydrogen) atoms. The molecular weight excluding hydrogens is 763 g/mol. The van der Waals surface area contributed by atoms with Gasteiger partial charge in [-0.15, -0.1) is 0 Å². The summed E-state index contributed by atoms with van der Waals surface area (Å²) < 4.78 is 13.2. The Kier molecular flexibility index (Phi) is 11.7. The molecule has 0 radical (unpaired) electrons. The van der Waals surface area contributed by atoms with Gasteiger partial charge in [-0.1, -0.05) is 133 Å². The van der Waals surface area contributed by atoms with E-state index < -0.39 is 21.0 Å². The maximum Gasteiger partial charge on any atom is 0.410 e. The van der Waals surface area contributed by atoms with Crippen molar-refractivity contribution in [2.24, 2.45) is 0 Å². The average Bonchev–Trinajstić information content (AvgIpc) is 3.66. The number of rotatable bonds is 9. The first-order valence-corrected chi connectivity index (χ1v) is 22.0. The second kappa shape index (κ2) is 16.7. The number of nitrogens with one attached hydrogen (secondary N) is 2. The molecule has 0 aliphatic carbocycles. The number of aromatic amines is 1. The van der Waals surface area contributed by atoms with Gasteiger partial charge in [0.25, 0.3) is 5.91 Å². The van der Waals surface area contributed by atoms with E-state index in [1.165, 1.54) is 0 Å². The average molecular weight is 820 g/mol. The van der Waals surface area contributed by atoms with Crippen LogP contribution in [0.15, 0.2) is 122 Å². The standard InChI is InChI=1S/C50H57N5O4Si/c1-47(2,3)35-25-23-34(24-26-35)45(56)54-40-22-16-21-38(42(40)50(59-60-49(7,8)9,36-17-12-10-13-18-36)37-19-14-11-15-20-37)43-39-31-41(53-44(39)52-32-51-43)33-27-29-55(30-28-33)46(57)58-48(4,5)6/h10-27,31-32H,28-30,60H2,1-9H3,(H,54,56)(H,51,52,53). The van der Waals surface area contributed by atoms with Crippen LogP contribution in [0.5, 0.6) is 0 Å². The molecule has 2 aromatic heterocycles. The van der Waals surface area contributed by atoms with Crippen LogP contribution < -0.4 is 5.32 Å². The van der Waals surface area contributed by atoms with Gasteiger partial charge < -0.3 is 24.4 Å². The van der Waals surface area contributed by atoms with E-state index in [-0.39, 0.29) is 22.5 Å². The number of anilines is 1. The zero-order valence-corrected chi connectivity index (χ0v) is 37.8. The summed E-state index contributed by atoms with van der Waals surface area (Å²) in [4.78, 5) is 42.3. The Morgan fingerprint density at radius 1 is 0.767 bits per heavy atom. The maximum absolute atomic E-state index is 14.4. The van der Waals surface area contributed by atoms with Crippen molar-refractivity contribution in [3.8, 4) is 11.3 Å². The second-order valence-corrected chi connectivity index (χ2v) is 21.5. The van der Waals surface area contributed by atoms with E-state index in [1.54, 1.807) is 11.2 Å². The quantitative estimate of drug-likeness (QED) is 0.111. The van der Waals surface area contributed by atoms with E-state index in [4.69, 9.17) is 19.1 Å². The third kappa shape index (κ3) is 9.15. The molecule has 6 aromatic rings. The number of amides is 2. The minimum Gasteiger partial charge on any atom is -0.444 e. The summed E-state index contributed by atoms with van der Waals surface area (Å²) in [6, 6.07) is 36.6. The van der Waals surface area contributed by atoms with E-state index in [1.807, 2.05) is 93.6 Å². The van der Waals surface area contributed by atoms with Gasteiger partial charge in [-0.3, -0.25) is 4.79 Å². The number of hydrogen-bond donors (Lipinski definition) is 2. The van der Waals surface area contributed by atoms with Crippen molar-refractivity contribution in [1.82, 2.24) is 19.9 Å². The Labute approximate surface area is 356 Å². The third-order valence-corrected chi connectivity index (χ3v) is 12.1. The molecular formula is C50H57N5O4Si. The molecule has 1 aliphatic heterocycles. The Hall–Kier alpha value is -5.84.